The van der Waals surface area contributed by atoms with Gasteiger partial charge in [-0.05, 0) is 0 Å². The number of benzene rings is 1. The standard InChI is InChI=1S/C7H5Cl3.CH5N3/c8-7(9,10)6-4-2-1-3-5-6;2-1(3)4/h1-5H;(H5,2,3,4). The van der Waals surface area contributed by atoms with Crippen molar-refractivity contribution in [2.75, 3.05) is 0 Å². The highest BCUT2D eigenvalue weighted by Gasteiger charge is 2.21. The first-order valence-corrected chi connectivity index (χ1v) is 4.69. The Hall–Kier alpha value is -0.640. The molecule has 1 aromatic rings. The summed E-state index contributed by atoms with van der Waals surface area (Å²) < 4.78 is -1.29. The Kier molecular flexibility index (Phi) is 5.69. The molecule has 0 saturated carbocycles. The summed E-state index contributed by atoms with van der Waals surface area (Å²) in [6, 6.07) is 9.08. The minimum Gasteiger partial charge on any atom is -0.370 e. The van der Waals surface area contributed by atoms with Gasteiger partial charge in [0.2, 0.25) is 3.79 Å². The maximum absolute atomic E-state index is 6.06. The summed E-state index contributed by atoms with van der Waals surface area (Å²) in [6.45, 7) is 0. The predicted molar refractivity (Wildman–Crippen MR) is 61.8 cm³/mol. The van der Waals surface area contributed by atoms with Crippen LogP contribution in [0.2, 0.25) is 0 Å². The molecule has 0 amide bonds. The molecule has 0 spiro atoms. The second kappa shape index (κ2) is 5.96. The zero-order valence-corrected chi connectivity index (χ0v) is 9.44. The van der Waals surface area contributed by atoms with Gasteiger partial charge in [0.1, 0.15) is 0 Å². The van der Waals surface area contributed by atoms with E-state index in [-0.39, 0.29) is 5.96 Å². The van der Waals surface area contributed by atoms with Gasteiger partial charge in [-0.1, -0.05) is 65.1 Å². The first-order valence-electron chi connectivity index (χ1n) is 3.55. The molecule has 0 unspecified atom stereocenters. The number of rotatable bonds is 0. The van der Waals surface area contributed by atoms with Gasteiger partial charge in [0.25, 0.3) is 0 Å². The van der Waals surface area contributed by atoms with Crippen molar-refractivity contribution in [1.29, 1.82) is 5.41 Å². The summed E-state index contributed by atoms with van der Waals surface area (Å²) in [4.78, 5) is 0. The molecular weight excluding hydrogens is 244 g/mol. The zero-order valence-electron chi connectivity index (χ0n) is 7.18. The van der Waals surface area contributed by atoms with Gasteiger partial charge in [0, 0.05) is 5.56 Å². The fraction of sp³-hybridized carbons (Fsp3) is 0.125. The molecule has 78 valence electrons. The molecule has 0 atom stereocenters. The molecule has 0 aliphatic heterocycles. The van der Waals surface area contributed by atoms with E-state index in [0.29, 0.717) is 5.56 Å². The largest absolute Gasteiger partial charge is 0.370 e. The van der Waals surface area contributed by atoms with Crippen molar-refractivity contribution < 1.29 is 0 Å². The summed E-state index contributed by atoms with van der Waals surface area (Å²) in [7, 11) is 0. The molecule has 0 fully saturated rings. The topological polar surface area (TPSA) is 75.9 Å². The minimum atomic E-state index is -1.29. The van der Waals surface area contributed by atoms with E-state index in [4.69, 9.17) is 40.2 Å². The molecule has 3 nitrogen and oxygen atoms in total. The number of alkyl halides is 3. The van der Waals surface area contributed by atoms with Crippen LogP contribution in [0.3, 0.4) is 0 Å². The molecule has 6 heteroatoms. The molecule has 1 rings (SSSR count). The lowest BCUT2D eigenvalue weighted by molar-refractivity contribution is 1.24. The van der Waals surface area contributed by atoms with Crippen LogP contribution in [0.4, 0.5) is 0 Å². The van der Waals surface area contributed by atoms with Crippen LogP contribution >= 0.6 is 34.8 Å². The van der Waals surface area contributed by atoms with E-state index < -0.39 is 3.79 Å². The van der Waals surface area contributed by atoms with Crippen molar-refractivity contribution in [3.05, 3.63) is 35.9 Å². The van der Waals surface area contributed by atoms with Gasteiger partial charge in [-0.2, -0.15) is 0 Å². The first kappa shape index (κ1) is 13.4. The van der Waals surface area contributed by atoms with E-state index in [9.17, 15) is 0 Å². The van der Waals surface area contributed by atoms with Gasteiger partial charge in [-0.25, -0.2) is 0 Å². The van der Waals surface area contributed by atoms with E-state index in [0.717, 1.165) is 0 Å². The predicted octanol–water partition coefficient (Wildman–Crippen LogP) is 2.35. The van der Waals surface area contributed by atoms with Crippen LogP contribution in [0, 0.1) is 5.41 Å². The third kappa shape index (κ3) is 6.83. The van der Waals surface area contributed by atoms with Crippen molar-refractivity contribution in [1.82, 2.24) is 0 Å². The molecule has 0 radical (unpaired) electrons. The molecule has 0 aliphatic rings. The van der Waals surface area contributed by atoms with Crippen LogP contribution in [0.1, 0.15) is 5.56 Å². The Balaban J connectivity index is 0.000000364. The number of nitrogens with two attached hydrogens (primary N) is 2. The summed E-state index contributed by atoms with van der Waals surface area (Å²) in [6.07, 6.45) is 0. The van der Waals surface area contributed by atoms with Crippen LogP contribution in [0.25, 0.3) is 0 Å². The lowest BCUT2D eigenvalue weighted by Crippen LogP contribution is -2.20. The van der Waals surface area contributed by atoms with Crippen LogP contribution in [0.15, 0.2) is 30.3 Å². The van der Waals surface area contributed by atoms with Gasteiger partial charge in [0.15, 0.2) is 5.96 Å². The fourth-order valence-electron chi connectivity index (χ4n) is 0.627. The van der Waals surface area contributed by atoms with Gasteiger partial charge in [-0.15, -0.1) is 0 Å². The molecule has 0 saturated heterocycles. The molecule has 0 aromatic heterocycles. The fourth-order valence-corrected chi connectivity index (χ4v) is 1.01. The summed E-state index contributed by atoms with van der Waals surface area (Å²) in [5, 5.41) is 6.06. The molecule has 0 heterocycles. The van der Waals surface area contributed by atoms with Crippen molar-refractivity contribution in [2.24, 2.45) is 11.5 Å². The number of hydrogen-bond donors (Lipinski definition) is 3. The Morgan fingerprint density at radius 3 is 1.64 bits per heavy atom. The third-order valence-electron chi connectivity index (χ3n) is 1.10. The van der Waals surface area contributed by atoms with Crippen LogP contribution in [0.5, 0.6) is 0 Å². The normalized spacial score (nSPS) is 9.93. The van der Waals surface area contributed by atoms with E-state index in [1.54, 1.807) is 12.1 Å². The lowest BCUT2D eigenvalue weighted by atomic mass is 10.2. The van der Waals surface area contributed by atoms with Crippen LogP contribution < -0.4 is 11.5 Å². The Labute approximate surface area is 97.4 Å². The van der Waals surface area contributed by atoms with E-state index in [1.807, 2.05) is 18.2 Å². The number of hydrogen-bond acceptors (Lipinski definition) is 1. The molecule has 14 heavy (non-hydrogen) atoms. The van der Waals surface area contributed by atoms with Crippen molar-refractivity contribution in [3.63, 3.8) is 0 Å². The lowest BCUT2D eigenvalue weighted by Gasteiger charge is -2.09. The van der Waals surface area contributed by atoms with Crippen molar-refractivity contribution in [2.45, 2.75) is 3.79 Å². The molecule has 0 aliphatic carbocycles. The number of guanidine groups is 1. The highest BCUT2D eigenvalue weighted by molar-refractivity contribution is 6.66. The van der Waals surface area contributed by atoms with Crippen LogP contribution in [-0.4, -0.2) is 5.96 Å². The third-order valence-corrected chi connectivity index (χ3v) is 1.76. The minimum absolute atomic E-state index is 0.333. The summed E-state index contributed by atoms with van der Waals surface area (Å²) >= 11 is 16.8. The average molecular weight is 255 g/mol. The highest BCUT2D eigenvalue weighted by Crippen LogP contribution is 2.37. The van der Waals surface area contributed by atoms with Crippen molar-refractivity contribution in [3.8, 4) is 0 Å². The maximum Gasteiger partial charge on any atom is 0.216 e. The molecule has 1 aromatic carbocycles. The Bertz CT molecular complexity index is 278. The van der Waals surface area contributed by atoms with Gasteiger partial charge < -0.3 is 11.5 Å². The number of halogens is 3. The smallest absolute Gasteiger partial charge is 0.216 e. The summed E-state index contributed by atoms with van der Waals surface area (Å²) in [5.74, 6) is -0.333. The second-order valence-electron chi connectivity index (χ2n) is 2.32. The number of nitrogens with one attached hydrogen (secondary N) is 1. The maximum atomic E-state index is 6.06. The SMILES string of the molecule is ClC(Cl)(Cl)c1ccccc1.N=C(N)N. The first-order chi connectivity index (χ1) is 6.34. The Morgan fingerprint density at radius 2 is 1.43 bits per heavy atom. The Morgan fingerprint density at radius 1 is 1.07 bits per heavy atom. The molecule has 0 bridgehead atoms. The molecule has 5 N–H and O–H groups in total. The van der Waals surface area contributed by atoms with Gasteiger partial charge in [-0.3, -0.25) is 5.41 Å². The van der Waals surface area contributed by atoms with E-state index in [1.165, 1.54) is 0 Å². The van der Waals surface area contributed by atoms with Crippen LogP contribution in [-0.2, 0) is 3.79 Å². The summed E-state index contributed by atoms with van der Waals surface area (Å²) in [5.41, 5.74) is 9.64. The highest BCUT2D eigenvalue weighted by atomic mass is 35.6. The molecular formula is C8H10Cl3N3. The monoisotopic (exact) mass is 253 g/mol. The van der Waals surface area contributed by atoms with E-state index in [2.05, 4.69) is 11.5 Å². The van der Waals surface area contributed by atoms with E-state index >= 15 is 0 Å². The zero-order chi connectivity index (χ0) is 11.2. The quantitative estimate of drug-likeness (QED) is 0.378. The second-order valence-corrected chi connectivity index (χ2v) is 4.60. The average Bonchev–Trinajstić information content (AvgIpc) is 2.03. The van der Waals surface area contributed by atoms with Crippen molar-refractivity contribution >= 4 is 40.8 Å². The van der Waals surface area contributed by atoms with Gasteiger partial charge >= 0.3 is 0 Å². The van der Waals surface area contributed by atoms with Gasteiger partial charge in [0.05, 0.1) is 0 Å².